The average molecular weight is 171 g/mol. The molecule has 0 aromatic heterocycles. The van der Waals surface area contributed by atoms with Crippen LogP contribution >= 0.6 is 0 Å². The van der Waals surface area contributed by atoms with Crippen LogP contribution in [0.15, 0.2) is 12.2 Å². The summed E-state index contributed by atoms with van der Waals surface area (Å²) in [5.41, 5.74) is 0. The molecule has 1 unspecified atom stereocenters. The van der Waals surface area contributed by atoms with Crippen LogP contribution in [0.1, 0.15) is 27.2 Å². The number of carbonyl (C=O) groups is 1. The van der Waals surface area contributed by atoms with Gasteiger partial charge >= 0.3 is 6.09 Å². The Morgan fingerprint density at radius 2 is 2.33 bits per heavy atom. The molecule has 0 aliphatic carbocycles. The maximum Gasteiger partial charge on any atom is 0.407 e. The molecule has 0 bridgehead atoms. The first-order valence-corrected chi connectivity index (χ1v) is 4.25. The molecule has 0 fully saturated rings. The van der Waals surface area contributed by atoms with Crippen LogP contribution in [0.5, 0.6) is 0 Å². The van der Waals surface area contributed by atoms with Gasteiger partial charge in [-0.15, -0.1) is 0 Å². The molecular weight excluding hydrogens is 154 g/mol. The molecule has 0 saturated carbocycles. The largest absolute Gasteiger partial charge is 0.450 e. The fourth-order valence-electron chi connectivity index (χ4n) is 0.773. The molecule has 0 heterocycles. The van der Waals surface area contributed by atoms with Gasteiger partial charge < -0.3 is 10.1 Å². The molecule has 0 rings (SSSR count). The molecule has 70 valence electrons. The number of allylic oxidation sites excluding steroid dienone is 1. The number of carbonyl (C=O) groups excluding carboxylic acids is 1. The van der Waals surface area contributed by atoms with Crippen molar-refractivity contribution >= 4 is 6.09 Å². The van der Waals surface area contributed by atoms with E-state index in [9.17, 15) is 4.79 Å². The molecule has 1 amide bonds. The van der Waals surface area contributed by atoms with E-state index in [4.69, 9.17) is 4.74 Å². The van der Waals surface area contributed by atoms with E-state index in [1.54, 1.807) is 6.92 Å². The molecule has 1 atom stereocenters. The lowest BCUT2D eigenvalue weighted by Gasteiger charge is -2.10. The van der Waals surface area contributed by atoms with Crippen molar-refractivity contribution in [3.05, 3.63) is 12.2 Å². The molecule has 0 saturated heterocycles. The van der Waals surface area contributed by atoms with Gasteiger partial charge in [0.2, 0.25) is 0 Å². The van der Waals surface area contributed by atoms with Crippen LogP contribution in [0.25, 0.3) is 0 Å². The quantitative estimate of drug-likeness (QED) is 0.658. The second-order valence-electron chi connectivity index (χ2n) is 2.57. The Hall–Kier alpha value is -0.990. The van der Waals surface area contributed by atoms with E-state index < -0.39 is 0 Å². The van der Waals surface area contributed by atoms with E-state index >= 15 is 0 Å². The lowest BCUT2D eigenvalue weighted by molar-refractivity contribution is 0.149. The number of hydrogen-bond donors (Lipinski definition) is 1. The van der Waals surface area contributed by atoms with Gasteiger partial charge in [0.1, 0.15) is 0 Å². The van der Waals surface area contributed by atoms with Crippen molar-refractivity contribution in [2.45, 2.75) is 33.2 Å². The van der Waals surface area contributed by atoms with Crippen LogP contribution in [0.3, 0.4) is 0 Å². The van der Waals surface area contributed by atoms with Crippen LogP contribution in [-0.4, -0.2) is 18.7 Å². The monoisotopic (exact) mass is 171 g/mol. The molecular formula is C9H17NO2. The van der Waals surface area contributed by atoms with Crippen molar-refractivity contribution in [2.24, 2.45) is 0 Å². The van der Waals surface area contributed by atoms with E-state index in [0.717, 1.165) is 6.42 Å². The van der Waals surface area contributed by atoms with E-state index in [2.05, 4.69) is 5.32 Å². The zero-order valence-electron chi connectivity index (χ0n) is 7.96. The van der Waals surface area contributed by atoms with Gasteiger partial charge in [0.05, 0.1) is 6.61 Å². The third-order valence-corrected chi connectivity index (χ3v) is 1.37. The Kier molecular flexibility index (Phi) is 6.15. The minimum atomic E-state index is -0.338. The molecule has 3 heteroatoms. The second-order valence-corrected chi connectivity index (χ2v) is 2.57. The van der Waals surface area contributed by atoms with Crippen molar-refractivity contribution < 1.29 is 9.53 Å². The van der Waals surface area contributed by atoms with Gasteiger partial charge in [-0.3, -0.25) is 0 Å². The van der Waals surface area contributed by atoms with Crippen LogP contribution in [0.4, 0.5) is 4.79 Å². The highest BCUT2D eigenvalue weighted by atomic mass is 16.5. The van der Waals surface area contributed by atoms with Gasteiger partial charge in [0.25, 0.3) is 0 Å². The summed E-state index contributed by atoms with van der Waals surface area (Å²) < 4.78 is 4.72. The lowest BCUT2D eigenvalue weighted by atomic mass is 10.2. The van der Waals surface area contributed by atoms with E-state index in [-0.39, 0.29) is 12.1 Å². The zero-order valence-corrected chi connectivity index (χ0v) is 7.96. The van der Waals surface area contributed by atoms with Crippen molar-refractivity contribution in [1.29, 1.82) is 0 Å². The third-order valence-electron chi connectivity index (χ3n) is 1.37. The summed E-state index contributed by atoms with van der Waals surface area (Å²) in [6, 6.07) is 0.139. The van der Waals surface area contributed by atoms with Gasteiger partial charge in [0, 0.05) is 6.04 Å². The first-order chi connectivity index (χ1) is 5.70. The maximum atomic E-state index is 10.9. The van der Waals surface area contributed by atoms with Crippen molar-refractivity contribution in [3.8, 4) is 0 Å². The minimum absolute atomic E-state index is 0.139. The number of ether oxygens (including phenoxy) is 1. The van der Waals surface area contributed by atoms with Crippen LogP contribution < -0.4 is 5.32 Å². The van der Waals surface area contributed by atoms with Gasteiger partial charge in [0.15, 0.2) is 0 Å². The first-order valence-electron chi connectivity index (χ1n) is 4.25. The Morgan fingerprint density at radius 1 is 1.67 bits per heavy atom. The SMILES string of the molecule is CC=CCC(C)NC(=O)OCC. The topological polar surface area (TPSA) is 38.3 Å². The van der Waals surface area contributed by atoms with E-state index in [1.165, 1.54) is 0 Å². The van der Waals surface area contributed by atoms with Crippen LogP contribution in [-0.2, 0) is 4.74 Å². The van der Waals surface area contributed by atoms with Gasteiger partial charge in [-0.2, -0.15) is 0 Å². The van der Waals surface area contributed by atoms with Gasteiger partial charge in [-0.25, -0.2) is 4.79 Å². The highest BCUT2D eigenvalue weighted by Gasteiger charge is 2.04. The summed E-state index contributed by atoms with van der Waals surface area (Å²) in [6.07, 6.45) is 4.48. The normalized spacial score (nSPS) is 12.9. The molecule has 0 aliphatic heterocycles. The summed E-state index contributed by atoms with van der Waals surface area (Å²) in [5.74, 6) is 0. The second kappa shape index (κ2) is 6.70. The zero-order chi connectivity index (χ0) is 9.40. The summed E-state index contributed by atoms with van der Waals surface area (Å²) >= 11 is 0. The number of alkyl carbamates (subject to hydrolysis) is 1. The van der Waals surface area contributed by atoms with Crippen molar-refractivity contribution in [2.75, 3.05) is 6.61 Å². The van der Waals surface area contributed by atoms with Crippen LogP contribution in [0, 0.1) is 0 Å². The predicted molar refractivity (Wildman–Crippen MR) is 49.1 cm³/mol. The standard InChI is InChI=1S/C9H17NO2/c1-4-6-7-8(3)10-9(11)12-5-2/h4,6,8H,5,7H2,1-3H3,(H,10,11). The molecule has 0 aromatic rings. The Bertz CT molecular complexity index is 155. The van der Waals surface area contributed by atoms with Crippen LogP contribution in [0.2, 0.25) is 0 Å². The Labute approximate surface area is 73.8 Å². The first kappa shape index (κ1) is 11.0. The molecule has 0 aliphatic rings. The fourth-order valence-corrected chi connectivity index (χ4v) is 0.773. The lowest BCUT2D eigenvalue weighted by Crippen LogP contribution is -2.32. The Balaban J connectivity index is 3.53. The van der Waals surface area contributed by atoms with Gasteiger partial charge in [-0.05, 0) is 27.2 Å². The van der Waals surface area contributed by atoms with Crippen molar-refractivity contribution in [3.63, 3.8) is 0 Å². The minimum Gasteiger partial charge on any atom is -0.450 e. The predicted octanol–water partition coefficient (Wildman–Crippen LogP) is 2.09. The number of amides is 1. The number of nitrogens with one attached hydrogen (secondary N) is 1. The molecule has 0 spiro atoms. The summed E-state index contributed by atoms with van der Waals surface area (Å²) in [5, 5.41) is 2.70. The number of rotatable bonds is 4. The fraction of sp³-hybridized carbons (Fsp3) is 0.667. The molecule has 3 nitrogen and oxygen atoms in total. The maximum absolute atomic E-state index is 10.9. The van der Waals surface area contributed by atoms with Crippen molar-refractivity contribution in [1.82, 2.24) is 5.32 Å². The molecule has 0 radical (unpaired) electrons. The van der Waals surface area contributed by atoms with Gasteiger partial charge in [-0.1, -0.05) is 12.2 Å². The highest BCUT2D eigenvalue weighted by Crippen LogP contribution is 1.92. The van der Waals surface area contributed by atoms with E-state index in [0.29, 0.717) is 6.61 Å². The highest BCUT2D eigenvalue weighted by molar-refractivity contribution is 5.67. The smallest absolute Gasteiger partial charge is 0.407 e. The number of hydrogen-bond acceptors (Lipinski definition) is 2. The Morgan fingerprint density at radius 3 is 2.83 bits per heavy atom. The molecule has 12 heavy (non-hydrogen) atoms. The third kappa shape index (κ3) is 5.77. The molecule has 1 N–H and O–H groups in total. The average Bonchev–Trinajstić information content (AvgIpc) is 2.01. The summed E-state index contributed by atoms with van der Waals surface area (Å²) in [6.45, 7) is 6.10. The molecule has 0 aromatic carbocycles. The summed E-state index contributed by atoms with van der Waals surface area (Å²) in [4.78, 5) is 10.9. The summed E-state index contributed by atoms with van der Waals surface area (Å²) in [7, 11) is 0. The van der Waals surface area contributed by atoms with E-state index in [1.807, 2.05) is 26.0 Å².